The van der Waals surface area contributed by atoms with Gasteiger partial charge in [-0.2, -0.15) is 10.5 Å². The lowest BCUT2D eigenvalue weighted by atomic mass is 10.1. The molecule has 1 atom stereocenters. The van der Waals surface area contributed by atoms with Gasteiger partial charge in [-0.15, -0.1) is 0 Å². The molecule has 120 valence electrons. The molecule has 2 N–H and O–H groups in total. The van der Waals surface area contributed by atoms with Gasteiger partial charge in [0.05, 0.1) is 23.5 Å². The third-order valence-electron chi connectivity index (χ3n) is 4.23. The van der Waals surface area contributed by atoms with Gasteiger partial charge in [-0.05, 0) is 24.5 Å². The second-order valence-corrected chi connectivity index (χ2v) is 5.84. The molecule has 0 bridgehead atoms. The first-order valence-electron chi connectivity index (χ1n) is 7.63. The van der Waals surface area contributed by atoms with Crippen LogP contribution in [0.4, 0.5) is 0 Å². The Labute approximate surface area is 139 Å². The summed E-state index contributed by atoms with van der Waals surface area (Å²) in [5.74, 6) is -0.148. The summed E-state index contributed by atoms with van der Waals surface area (Å²) in [5, 5.41) is 18.1. The number of primary amides is 1. The van der Waals surface area contributed by atoms with Crippen LogP contribution in [0.1, 0.15) is 22.6 Å². The second kappa shape index (κ2) is 6.43. The van der Waals surface area contributed by atoms with E-state index in [4.69, 9.17) is 16.3 Å². The maximum atomic E-state index is 11.7. The second-order valence-electron chi connectivity index (χ2n) is 5.84. The third kappa shape index (κ3) is 2.92. The van der Waals surface area contributed by atoms with Crippen molar-refractivity contribution in [1.82, 2.24) is 14.5 Å². The van der Waals surface area contributed by atoms with E-state index in [0.717, 1.165) is 24.2 Å². The molecule has 0 aliphatic carbocycles. The summed E-state index contributed by atoms with van der Waals surface area (Å²) in [6, 6.07) is 9.25. The molecule has 0 unspecified atom stereocenters. The van der Waals surface area contributed by atoms with E-state index < -0.39 is 5.91 Å². The number of imidazole rings is 1. The van der Waals surface area contributed by atoms with Gasteiger partial charge in [-0.25, -0.2) is 4.98 Å². The Balaban J connectivity index is 1.97. The fourth-order valence-corrected chi connectivity index (χ4v) is 3.07. The van der Waals surface area contributed by atoms with Crippen LogP contribution in [0, 0.1) is 28.7 Å². The molecule has 1 saturated heterocycles. The summed E-state index contributed by atoms with van der Waals surface area (Å²) in [4.78, 5) is 17.6. The summed E-state index contributed by atoms with van der Waals surface area (Å²) in [5.41, 5.74) is 7.55. The first-order chi connectivity index (χ1) is 11.6. The molecule has 2 heterocycles. The zero-order valence-electron chi connectivity index (χ0n) is 13.0. The molecule has 2 aromatic rings. The minimum absolute atomic E-state index is 0.197. The summed E-state index contributed by atoms with van der Waals surface area (Å²) in [6.07, 6.45) is 4.63. The largest absolute Gasteiger partial charge is 0.363 e. The van der Waals surface area contributed by atoms with Crippen LogP contribution in [0.15, 0.2) is 30.5 Å². The van der Waals surface area contributed by atoms with Gasteiger partial charge in [0.15, 0.2) is 12.0 Å². The summed E-state index contributed by atoms with van der Waals surface area (Å²) < 4.78 is 1.80. The van der Waals surface area contributed by atoms with Crippen LogP contribution in [0.25, 0.3) is 11.3 Å². The van der Waals surface area contributed by atoms with E-state index in [1.54, 1.807) is 33.9 Å². The number of amides is 1. The molecule has 0 radical (unpaired) electrons. The smallest absolute Gasteiger partial charge is 0.284 e. The van der Waals surface area contributed by atoms with Crippen molar-refractivity contribution >= 4 is 5.91 Å². The fourth-order valence-electron chi connectivity index (χ4n) is 3.07. The van der Waals surface area contributed by atoms with E-state index in [2.05, 4.69) is 17.2 Å². The van der Waals surface area contributed by atoms with Crippen LogP contribution >= 0.6 is 0 Å². The molecule has 24 heavy (non-hydrogen) atoms. The van der Waals surface area contributed by atoms with Gasteiger partial charge in [0, 0.05) is 25.2 Å². The normalized spacial score (nSPS) is 16.6. The van der Waals surface area contributed by atoms with Crippen molar-refractivity contribution in [3.8, 4) is 23.5 Å². The Morgan fingerprint density at radius 2 is 2.25 bits per heavy atom. The summed E-state index contributed by atoms with van der Waals surface area (Å²) in [6.45, 7) is 1.94. The summed E-state index contributed by atoms with van der Waals surface area (Å²) >= 11 is 0. The van der Waals surface area contributed by atoms with E-state index in [9.17, 15) is 4.79 Å². The van der Waals surface area contributed by atoms with E-state index >= 15 is 0 Å². The van der Waals surface area contributed by atoms with E-state index in [1.807, 2.05) is 6.07 Å². The van der Waals surface area contributed by atoms with Gasteiger partial charge in [-0.3, -0.25) is 4.79 Å². The number of benzene rings is 1. The zero-order chi connectivity index (χ0) is 17.1. The maximum absolute atomic E-state index is 11.7. The minimum Gasteiger partial charge on any atom is -0.363 e. The molecule has 1 amide bonds. The van der Waals surface area contributed by atoms with Crippen LogP contribution < -0.4 is 5.73 Å². The number of carbonyl (C=O) groups is 1. The lowest BCUT2D eigenvalue weighted by molar-refractivity contribution is 0.0985. The monoisotopic (exact) mass is 320 g/mol. The molecular weight excluding hydrogens is 304 g/mol. The van der Waals surface area contributed by atoms with E-state index in [1.165, 1.54) is 0 Å². The van der Waals surface area contributed by atoms with E-state index in [-0.39, 0.29) is 11.7 Å². The number of aromatic nitrogens is 2. The first-order valence-corrected chi connectivity index (χ1v) is 7.63. The Kier molecular flexibility index (Phi) is 4.17. The number of carbonyl (C=O) groups excluding carboxylic acids is 1. The first kappa shape index (κ1) is 15.6. The van der Waals surface area contributed by atoms with Gasteiger partial charge >= 0.3 is 0 Å². The predicted molar refractivity (Wildman–Crippen MR) is 86.2 cm³/mol. The molecule has 3 rings (SSSR count). The fraction of sp³-hybridized carbons (Fsp3) is 0.294. The molecule has 0 saturated carbocycles. The van der Waals surface area contributed by atoms with Crippen molar-refractivity contribution < 1.29 is 4.79 Å². The Bertz CT molecular complexity index is 857. The van der Waals surface area contributed by atoms with Crippen molar-refractivity contribution in [3.05, 3.63) is 41.9 Å². The molecule has 1 aromatic heterocycles. The number of hydrogen-bond donors (Lipinski definition) is 1. The average Bonchev–Trinajstić information content (AvgIpc) is 3.22. The lowest BCUT2D eigenvalue weighted by Gasteiger charge is -2.15. The van der Waals surface area contributed by atoms with Gasteiger partial charge in [0.25, 0.3) is 5.91 Å². The highest BCUT2D eigenvalue weighted by Crippen LogP contribution is 2.25. The SMILES string of the molecule is N#Cc1cccc(-c2cnc(C(N)=O)n2C[C@@H]2CCN(C#N)C2)c1. The molecule has 1 aliphatic rings. The van der Waals surface area contributed by atoms with E-state index in [0.29, 0.717) is 18.7 Å². The zero-order valence-corrected chi connectivity index (χ0v) is 13.0. The van der Waals surface area contributed by atoms with Crippen LogP contribution in [-0.2, 0) is 6.54 Å². The predicted octanol–water partition coefficient (Wildman–Crippen LogP) is 1.32. The lowest BCUT2D eigenvalue weighted by Crippen LogP contribution is -2.23. The topological polar surface area (TPSA) is 112 Å². The third-order valence-corrected chi connectivity index (χ3v) is 4.23. The van der Waals surface area contributed by atoms with Gasteiger partial charge in [0.1, 0.15) is 0 Å². The van der Waals surface area contributed by atoms with Gasteiger partial charge < -0.3 is 15.2 Å². The van der Waals surface area contributed by atoms with Crippen LogP contribution in [-0.4, -0.2) is 33.4 Å². The molecule has 1 fully saturated rings. The van der Waals surface area contributed by atoms with Crippen molar-refractivity contribution in [2.24, 2.45) is 11.7 Å². The average molecular weight is 320 g/mol. The van der Waals surface area contributed by atoms with Crippen LogP contribution in [0.5, 0.6) is 0 Å². The van der Waals surface area contributed by atoms with Crippen molar-refractivity contribution in [1.29, 1.82) is 10.5 Å². The number of nitrogens with two attached hydrogens (primary N) is 1. The molecule has 0 spiro atoms. The van der Waals surface area contributed by atoms with Crippen molar-refractivity contribution in [2.75, 3.05) is 13.1 Å². The Morgan fingerprint density at radius 1 is 1.42 bits per heavy atom. The molecule has 1 aromatic carbocycles. The highest BCUT2D eigenvalue weighted by Gasteiger charge is 2.25. The van der Waals surface area contributed by atoms with Crippen LogP contribution in [0.3, 0.4) is 0 Å². The van der Waals surface area contributed by atoms with Crippen molar-refractivity contribution in [3.63, 3.8) is 0 Å². The number of likely N-dealkylation sites (tertiary alicyclic amines) is 1. The highest BCUT2D eigenvalue weighted by atomic mass is 16.1. The van der Waals surface area contributed by atoms with Gasteiger partial charge in [0.2, 0.25) is 0 Å². The number of nitrogens with zero attached hydrogens (tertiary/aromatic N) is 5. The Morgan fingerprint density at radius 3 is 2.92 bits per heavy atom. The number of hydrogen-bond acceptors (Lipinski definition) is 5. The Hall–Kier alpha value is -3.32. The summed E-state index contributed by atoms with van der Waals surface area (Å²) in [7, 11) is 0. The number of nitriles is 2. The minimum atomic E-state index is -0.590. The molecule has 1 aliphatic heterocycles. The standard InChI is InChI=1S/C17H16N6O/c18-7-12-2-1-3-14(6-12)15-8-21-17(16(20)24)23(15)10-13-4-5-22(9-13)11-19/h1-3,6,8,13H,4-5,9-10H2,(H2,20,24)/t13-/m1/s1. The van der Waals surface area contributed by atoms with Gasteiger partial charge in [-0.1, -0.05) is 12.1 Å². The number of rotatable bonds is 4. The molecule has 7 nitrogen and oxygen atoms in total. The quantitative estimate of drug-likeness (QED) is 0.854. The molecular formula is C17H16N6O. The molecule has 7 heteroatoms. The maximum Gasteiger partial charge on any atom is 0.284 e. The highest BCUT2D eigenvalue weighted by molar-refractivity contribution is 5.90. The van der Waals surface area contributed by atoms with Crippen LogP contribution in [0.2, 0.25) is 0 Å². The van der Waals surface area contributed by atoms with Crippen molar-refractivity contribution in [2.45, 2.75) is 13.0 Å².